The van der Waals surface area contributed by atoms with E-state index >= 15 is 0 Å². The molecule has 0 saturated heterocycles. The molecule has 136 valence electrons. The third-order valence-corrected chi connectivity index (χ3v) is 3.35. The second kappa shape index (κ2) is 8.10. The van der Waals surface area contributed by atoms with Crippen LogP contribution in [0.5, 0.6) is 17.2 Å². The van der Waals surface area contributed by atoms with E-state index in [1.807, 2.05) is 39.0 Å². The summed E-state index contributed by atoms with van der Waals surface area (Å²) in [5.74, 6) is 1.11. The number of hydrogen-bond donors (Lipinski definition) is 0. The topological polar surface area (TPSA) is 57.9 Å². The molecule has 1 aromatic carbocycles. The Balaban J connectivity index is 2.35. The lowest BCUT2D eigenvalue weighted by atomic mass is 10.1. The van der Waals surface area contributed by atoms with Gasteiger partial charge in [0.05, 0.1) is 19.1 Å². The van der Waals surface area contributed by atoms with Crippen LogP contribution in [-0.2, 0) is 0 Å². The SMILES string of the molecule is CCC=CCCOc1c(OC)c2ccc(OC(C)(C)C)cc2oc1=O. The minimum atomic E-state index is -0.559. The zero-order chi connectivity index (χ0) is 18.4. The van der Waals surface area contributed by atoms with E-state index in [9.17, 15) is 4.79 Å². The quantitative estimate of drug-likeness (QED) is 0.413. The maximum Gasteiger partial charge on any atom is 0.383 e. The largest absolute Gasteiger partial charge is 0.492 e. The van der Waals surface area contributed by atoms with Crippen molar-refractivity contribution in [2.24, 2.45) is 0 Å². The third-order valence-electron chi connectivity index (χ3n) is 3.35. The van der Waals surface area contributed by atoms with Gasteiger partial charge in [0.15, 0.2) is 5.75 Å². The van der Waals surface area contributed by atoms with Gasteiger partial charge in [0.2, 0.25) is 5.75 Å². The zero-order valence-electron chi connectivity index (χ0n) is 15.5. The lowest BCUT2D eigenvalue weighted by molar-refractivity contribution is 0.131. The van der Waals surface area contributed by atoms with Crippen LogP contribution in [0.2, 0.25) is 0 Å². The van der Waals surface area contributed by atoms with Crippen molar-refractivity contribution in [2.45, 2.75) is 46.1 Å². The first-order valence-electron chi connectivity index (χ1n) is 8.47. The summed E-state index contributed by atoms with van der Waals surface area (Å²) in [4.78, 5) is 12.3. The molecule has 1 aromatic heterocycles. The van der Waals surface area contributed by atoms with Gasteiger partial charge in [0.25, 0.3) is 0 Å². The Kier molecular flexibility index (Phi) is 6.12. The van der Waals surface area contributed by atoms with E-state index < -0.39 is 5.63 Å². The number of fused-ring (bicyclic) bond motifs is 1. The summed E-state index contributed by atoms with van der Waals surface area (Å²) in [6.45, 7) is 8.32. The number of ether oxygens (including phenoxy) is 3. The van der Waals surface area contributed by atoms with Gasteiger partial charge in [0, 0.05) is 6.07 Å². The van der Waals surface area contributed by atoms with E-state index in [4.69, 9.17) is 18.6 Å². The average molecular weight is 346 g/mol. The van der Waals surface area contributed by atoms with E-state index in [0.717, 1.165) is 6.42 Å². The fraction of sp³-hybridized carbons (Fsp3) is 0.450. The Hall–Kier alpha value is -2.43. The summed E-state index contributed by atoms with van der Waals surface area (Å²) in [6.07, 6.45) is 5.76. The van der Waals surface area contributed by atoms with Crippen LogP contribution in [0.3, 0.4) is 0 Å². The maximum absolute atomic E-state index is 12.3. The molecule has 0 N–H and O–H groups in total. The van der Waals surface area contributed by atoms with Gasteiger partial charge in [-0.15, -0.1) is 0 Å². The van der Waals surface area contributed by atoms with Gasteiger partial charge in [0.1, 0.15) is 16.9 Å². The van der Waals surface area contributed by atoms with E-state index in [1.165, 1.54) is 7.11 Å². The molecule has 0 bridgehead atoms. The van der Waals surface area contributed by atoms with Crippen molar-refractivity contribution >= 4 is 11.0 Å². The molecule has 0 spiro atoms. The Bertz CT molecular complexity index is 796. The molecular formula is C20H26O5. The van der Waals surface area contributed by atoms with Gasteiger partial charge < -0.3 is 18.6 Å². The van der Waals surface area contributed by atoms with E-state index in [1.54, 1.807) is 6.07 Å². The van der Waals surface area contributed by atoms with Crippen LogP contribution in [-0.4, -0.2) is 19.3 Å². The standard InChI is InChI=1S/C20H26O5/c1-6-7-8-9-12-23-18-17(22-5)15-11-10-14(25-20(2,3)4)13-16(15)24-19(18)21/h7-8,10-11,13H,6,9,12H2,1-5H3. The number of benzene rings is 1. The Morgan fingerprint density at radius 3 is 2.56 bits per heavy atom. The van der Waals surface area contributed by atoms with Gasteiger partial charge in [-0.2, -0.15) is 0 Å². The van der Waals surface area contributed by atoms with E-state index in [-0.39, 0.29) is 11.4 Å². The van der Waals surface area contributed by atoms with Crippen LogP contribution >= 0.6 is 0 Å². The maximum atomic E-state index is 12.3. The van der Waals surface area contributed by atoms with Crippen molar-refractivity contribution in [1.29, 1.82) is 0 Å². The highest BCUT2D eigenvalue weighted by Gasteiger charge is 2.19. The van der Waals surface area contributed by atoms with Gasteiger partial charge in [-0.05, 0) is 45.7 Å². The molecule has 5 nitrogen and oxygen atoms in total. The van der Waals surface area contributed by atoms with Crippen LogP contribution < -0.4 is 19.8 Å². The number of allylic oxidation sites excluding steroid dienone is 1. The smallest absolute Gasteiger partial charge is 0.383 e. The van der Waals surface area contributed by atoms with Crippen molar-refractivity contribution < 1.29 is 18.6 Å². The number of methoxy groups -OCH3 is 1. The highest BCUT2D eigenvalue weighted by atomic mass is 16.5. The Labute approximate surface area is 148 Å². The lowest BCUT2D eigenvalue weighted by Crippen LogP contribution is -2.22. The highest BCUT2D eigenvalue weighted by Crippen LogP contribution is 2.34. The third kappa shape index (κ3) is 5.02. The molecule has 25 heavy (non-hydrogen) atoms. The van der Waals surface area contributed by atoms with Crippen LogP contribution in [0.4, 0.5) is 0 Å². The minimum absolute atomic E-state index is 0.101. The predicted octanol–water partition coefficient (Wildman–Crippen LogP) is 4.71. The molecule has 2 aromatic rings. The van der Waals surface area contributed by atoms with Crippen LogP contribution in [0.1, 0.15) is 40.5 Å². The second-order valence-electron chi connectivity index (χ2n) is 6.64. The van der Waals surface area contributed by atoms with Crippen LogP contribution in [0.15, 0.2) is 39.6 Å². The first-order chi connectivity index (χ1) is 11.9. The molecule has 0 atom stereocenters. The van der Waals surface area contributed by atoms with Crippen molar-refractivity contribution in [3.05, 3.63) is 40.8 Å². The minimum Gasteiger partial charge on any atom is -0.492 e. The number of hydrogen-bond acceptors (Lipinski definition) is 5. The van der Waals surface area contributed by atoms with E-state index in [2.05, 4.69) is 13.0 Å². The number of rotatable bonds is 7. The average Bonchev–Trinajstić information content (AvgIpc) is 2.53. The van der Waals surface area contributed by atoms with Crippen LogP contribution in [0, 0.1) is 0 Å². The molecule has 0 unspecified atom stereocenters. The molecule has 0 saturated carbocycles. The van der Waals surface area contributed by atoms with Gasteiger partial charge in [-0.3, -0.25) is 0 Å². The van der Waals surface area contributed by atoms with Gasteiger partial charge >= 0.3 is 5.63 Å². The summed E-state index contributed by atoms with van der Waals surface area (Å²) in [6, 6.07) is 5.32. The summed E-state index contributed by atoms with van der Waals surface area (Å²) in [5, 5.41) is 0.669. The molecule has 0 aliphatic rings. The fourth-order valence-electron chi connectivity index (χ4n) is 2.39. The Morgan fingerprint density at radius 1 is 1.16 bits per heavy atom. The molecule has 0 amide bonds. The molecule has 0 aliphatic carbocycles. The fourth-order valence-corrected chi connectivity index (χ4v) is 2.39. The lowest BCUT2D eigenvalue weighted by Gasteiger charge is -2.21. The molecular weight excluding hydrogens is 320 g/mol. The monoisotopic (exact) mass is 346 g/mol. The van der Waals surface area contributed by atoms with Crippen molar-refractivity contribution in [1.82, 2.24) is 0 Å². The molecule has 0 aliphatic heterocycles. The first-order valence-corrected chi connectivity index (χ1v) is 8.47. The molecule has 5 heteroatoms. The highest BCUT2D eigenvalue weighted by molar-refractivity contribution is 5.86. The molecule has 0 fully saturated rings. The molecule has 0 radical (unpaired) electrons. The Morgan fingerprint density at radius 2 is 1.92 bits per heavy atom. The normalized spacial score (nSPS) is 11.9. The molecule has 1 heterocycles. The summed E-state index contributed by atoms with van der Waals surface area (Å²) < 4.78 is 22.2. The predicted molar refractivity (Wildman–Crippen MR) is 99.0 cm³/mol. The van der Waals surface area contributed by atoms with Gasteiger partial charge in [-0.25, -0.2) is 4.79 Å². The summed E-state index contributed by atoms with van der Waals surface area (Å²) >= 11 is 0. The summed E-state index contributed by atoms with van der Waals surface area (Å²) in [7, 11) is 1.51. The molecule has 2 rings (SSSR count). The van der Waals surface area contributed by atoms with Crippen molar-refractivity contribution in [2.75, 3.05) is 13.7 Å². The van der Waals surface area contributed by atoms with Crippen LogP contribution in [0.25, 0.3) is 11.0 Å². The van der Waals surface area contributed by atoms with Crippen molar-refractivity contribution in [3.63, 3.8) is 0 Å². The van der Waals surface area contributed by atoms with E-state index in [0.29, 0.717) is 35.5 Å². The summed E-state index contributed by atoms with van der Waals surface area (Å²) in [5.41, 5.74) is -0.494. The first kappa shape index (κ1) is 18.9. The van der Waals surface area contributed by atoms with Gasteiger partial charge in [-0.1, -0.05) is 19.1 Å². The van der Waals surface area contributed by atoms with Crippen molar-refractivity contribution in [3.8, 4) is 17.2 Å². The zero-order valence-corrected chi connectivity index (χ0v) is 15.5. The second-order valence-corrected chi connectivity index (χ2v) is 6.64.